The number of thiocarbonyl (C=S) groups is 1. The number of ether oxygens (including phenoxy) is 3. The number of nitrogens with one attached hydrogen (secondary N) is 3. The highest BCUT2D eigenvalue weighted by atomic mass is 79.9. The number of benzene rings is 3. The smallest absolute Gasteiger partial charge is 0.338 e. The highest BCUT2D eigenvalue weighted by Crippen LogP contribution is 2.33. The largest absolute Gasteiger partial charge is 0.488 e. The fourth-order valence-corrected chi connectivity index (χ4v) is 5.12. The van der Waals surface area contributed by atoms with E-state index in [-0.39, 0.29) is 19.8 Å². The minimum atomic E-state index is -0.635. The quantitative estimate of drug-likeness (QED) is 0.0934. The minimum absolute atomic E-state index is 0.219. The third-order valence-electron chi connectivity index (χ3n) is 6.10. The lowest BCUT2D eigenvalue weighted by Gasteiger charge is -2.30. The maximum atomic E-state index is 12.7. The zero-order chi connectivity index (χ0) is 30.9. The van der Waals surface area contributed by atoms with Crippen LogP contribution in [0.3, 0.4) is 0 Å². The maximum Gasteiger partial charge on any atom is 0.338 e. The molecule has 0 spiro atoms. The van der Waals surface area contributed by atoms with E-state index in [4.69, 9.17) is 49.6 Å². The fourth-order valence-electron chi connectivity index (χ4n) is 4.15. The van der Waals surface area contributed by atoms with Crippen molar-refractivity contribution in [3.63, 3.8) is 0 Å². The number of carbonyl (C=O) groups excluding carboxylic acids is 2. The summed E-state index contributed by atoms with van der Waals surface area (Å²) in [5, 5.41) is 11.4. The Kier molecular flexibility index (Phi) is 11.4. The second-order valence-corrected chi connectivity index (χ2v) is 11.3. The number of carbonyl (C=O) groups is 2. The molecule has 9 nitrogen and oxygen atoms in total. The van der Waals surface area contributed by atoms with Gasteiger partial charge in [0.05, 0.1) is 34.5 Å². The Bertz CT molecular complexity index is 1600. The van der Waals surface area contributed by atoms with Crippen LogP contribution in [0.1, 0.15) is 36.6 Å². The average Bonchev–Trinajstić information content (AvgIpc) is 2.97. The number of nitrogens with zero attached hydrogens (tertiary/aromatic N) is 1. The van der Waals surface area contributed by atoms with Crippen molar-refractivity contribution in [3.8, 4) is 11.5 Å². The van der Waals surface area contributed by atoms with Gasteiger partial charge in [-0.25, -0.2) is 10.2 Å². The summed E-state index contributed by atoms with van der Waals surface area (Å²) in [4.78, 5) is 25.4. The number of amides is 1. The molecule has 1 aliphatic heterocycles. The predicted octanol–water partition coefficient (Wildman–Crippen LogP) is 6.22. The van der Waals surface area contributed by atoms with E-state index in [0.717, 1.165) is 10.0 Å². The van der Waals surface area contributed by atoms with Gasteiger partial charge in [-0.2, -0.15) is 5.10 Å². The first kappa shape index (κ1) is 32.3. The molecule has 224 valence electrons. The summed E-state index contributed by atoms with van der Waals surface area (Å²) >= 11 is 20.9. The van der Waals surface area contributed by atoms with Crippen molar-refractivity contribution < 1.29 is 23.8 Å². The van der Waals surface area contributed by atoms with Crippen LogP contribution in [0.25, 0.3) is 0 Å². The van der Waals surface area contributed by atoms with Gasteiger partial charge >= 0.3 is 5.97 Å². The molecule has 0 radical (unpaired) electrons. The van der Waals surface area contributed by atoms with Crippen molar-refractivity contribution in [1.29, 1.82) is 0 Å². The van der Waals surface area contributed by atoms with E-state index in [1.54, 1.807) is 62.4 Å². The summed E-state index contributed by atoms with van der Waals surface area (Å²) in [6.07, 6.45) is 1.47. The third kappa shape index (κ3) is 8.70. The summed E-state index contributed by atoms with van der Waals surface area (Å²) < 4.78 is 17.9. The summed E-state index contributed by atoms with van der Waals surface area (Å²) in [6.45, 7) is 3.62. The third-order valence-corrected chi connectivity index (χ3v) is 7.55. The van der Waals surface area contributed by atoms with Crippen molar-refractivity contribution in [3.05, 3.63) is 103 Å². The van der Waals surface area contributed by atoms with Crippen LogP contribution in [-0.2, 0) is 20.9 Å². The van der Waals surface area contributed by atoms with Gasteiger partial charge in [-0.3, -0.25) is 4.79 Å². The van der Waals surface area contributed by atoms with E-state index in [9.17, 15) is 9.59 Å². The molecule has 1 heterocycles. The van der Waals surface area contributed by atoms with Crippen molar-refractivity contribution in [2.75, 3.05) is 13.2 Å². The number of hydrogen-bond donors (Lipinski definition) is 3. The molecule has 0 saturated heterocycles. The van der Waals surface area contributed by atoms with Crippen LogP contribution >= 0.6 is 51.3 Å². The molecule has 1 aliphatic rings. The Balaban J connectivity index is 1.41. The number of para-hydroxylation sites is 1. The number of hydrogen-bond acceptors (Lipinski definition) is 7. The first-order chi connectivity index (χ1) is 20.7. The molecule has 1 atom stereocenters. The van der Waals surface area contributed by atoms with Gasteiger partial charge in [0.2, 0.25) is 0 Å². The Morgan fingerprint density at radius 1 is 1.07 bits per heavy atom. The lowest BCUT2D eigenvalue weighted by molar-refractivity contribution is -0.139. The van der Waals surface area contributed by atoms with Crippen molar-refractivity contribution in [1.82, 2.24) is 16.1 Å². The first-order valence-electron chi connectivity index (χ1n) is 13.0. The molecule has 3 aromatic carbocycles. The molecule has 3 aromatic rings. The zero-order valence-electron chi connectivity index (χ0n) is 23.1. The lowest BCUT2D eigenvalue weighted by Crippen LogP contribution is -2.45. The van der Waals surface area contributed by atoms with Gasteiger partial charge < -0.3 is 24.8 Å². The number of esters is 1. The highest BCUT2D eigenvalue weighted by molar-refractivity contribution is 9.10. The van der Waals surface area contributed by atoms with Crippen molar-refractivity contribution in [2.45, 2.75) is 26.5 Å². The predicted molar refractivity (Wildman–Crippen MR) is 174 cm³/mol. The summed E-state index contributed by atoms with van der Waals surface area (Å²) in [7, 11) is 0. The molecule has 0 fully saturated rings. The second-order valence-electron chi connectivity index (χ2n) is 9.13. The van der Waals surface area contributed by atoms with Crippen LogP contribution in [0.2, 0.25) is 10.0 Å². The number of hydrazone groups is 1. The van der Waals surface area contributed by atoms with Gasteiger partial charge in [0.1, 0.15) is 18.1 Å². The molecule has 0 unspecified atom stereocenters. The molecule has 1 amide bonds. The number of allylic oxidation sites excluding steroid dienone is 1. The van der Waals surface area contributed by atoms with Gasteiger partial charge in [0.25, 0.3) is 5.91 Å². The topological polar surface area (TPSA) is 110 Å². The van der Waals surface area contributed by atoms with Crippen LogP contribution in [0.5, 0.6) is 11.5 Å². The first-order valence-corrected chi connectivity index (χ1v) is 15.0. The summed E-state index contributed by atoms with van der Waals surface area (Å²) in [5.41, 5.74) is 5.49. The Morgan fingerprint density at radius 3 is 2.63 bits per heavy atom. The molecule has 3 N–H and O–H groups in total. The van der Waals surface area contributed by atoms with Crippen molar-refractivity contribution in [2.24, 2.45) is 5.10 Å². The van der Waals surface area contributed by atoms with Gasteiger partial charge in [0.15, 0.2) is 11.7 Å². The normalized spacial score (nSPS) is 14.6. The molecular formula is C30H27BrCl2N4O5S. The van der Waals surface area contributed by atoms with Gasteiger partial charge in [0, 0.05) is 21.3 Å². The molecule has 0 aliphatic carbocycles. The SMILES string of the molecule is CCOC(=O)C1=C(C)NC(=S)N[C@@H]1c1ccccc1OCC(=O)NN=Cc1cc(Br)ccc1OCc1ccc(Cl)c(Cl)c1. The fraction of sp³-hybridized carbons (Fsp3) is 0.200. The van der Waals surface area contributed by atoms with Crippen LogP contribution in [0.4, 0.5) is 0 Å². The maximum absolute atomic E-state index is 12.7. The van der Waals surface area contributed by atoms with E-state index in [0.29, 0.717) is 49.1 Å². The van der Waals surface area contributed by atoms with Crippen molar-refractivity contribution >= 4 is 74.6 Å². The lowest BCUT2D eigenvalue weighted by atomic mass is 9.95. The van der Waals surface area contributed by atoms with Gasteiger partial charge in [-0.15, -0.1) is 0 Å². The number of rotatable bonds is 11. The molecule has 43 heavy (non-hydrogen) atoms. The molecule has 0 aromatic heterocycles. The van der Waals surface area contributed by atoms with Gasteiger partial charge in [-0.05, 0) is 68.0 Å². The average molecular weight is 706 g/mol. The van der Waals surface area contributed by atoms with E-state index in [2.05, 4.69) is 37.1 Å². The Labute approximate surface area is 272 Å². The van der Waals surface area contributed by atoms with Crippen LogP contribution in [0, 0.1) is 0 Å². The Hall–Kier alpha value is -3.64. The summed E-state index contributed by atoms with van der Waals surface area (Å²) in [5.74, 6) is -0.0401. The molecule has 0 saturated carbocycles. The van der Waals surface area contributed by atoms with E-state index in [1.165, 1.54) is 6.21 Å². The highest BCUT2D eigenvalue weighted by Gasteiger charge is 2.32. The van der Waals surface area contributed by atoms with Crippen LogP contribution in [-0.4, -0.2) is 36.4 Å². The van der Waals surface area contributed by atoms with E-state index < -0.39 is 17.9 Å². The molecule has 13 heteroatoms. The number of halogens is 3. The van der Waals surface area contributed by atoms with Crippen LogP contribution < -0.4 is 25.5 Å². The molecular weight excluding hydrogens is 679 g/mol. The second kappa shape index (κ2) is 15.2. The van der Waals surface area contributed by atoms with E-state index >= 15 is 0 Å². The molecule has 4 rings (SSSR count). The molecule has 0 bridgehead atoms. The monoisotopic (exact) mass is 704 g/mol. The minimum Gasteiger partial charge on any atom is -0.488 e. The Morgan fingerprint density at radius 2 is 1.86 bits per heavy atom. The zero-order valence-corrected chi connectivity index (χ0v) is 27.0. The van der Waals surface area contributed by atoms with Gasteiger partial charge in [-0.1, -0.05) is 63.4 Å². The van der Waals surface area contributed by atoms with Crippen LogP contribution in [0.15, 0.2) is 81.5 Å². The van der Waals surface area contributed by atoms with E-state index in [1.807, 2.05) is 12.1 Å². The standard InChI is InChI=1S/C30H27BrCl2N4O5S/c1-3-40-29(39)27-17(2)35-30(43)36-28(27)21-6-4-5-7-25(21)42-16-26(38)37-34-14-19-13-20(31)9-11-24(19)41-15-18-8-10-22(32)23(33)12-18/h4-14,28H,3,15-16H2,1-2H3,(H,37,38)(H2,35,36,43)/t28-/m1/s1. The summed E-state index contributed by atoms with van der Waals surface area (Å²) in [6, 6.07) is 17.1.